The third kappa shape index (κ3) is 1.66. The Morgan fingerprint density at radius 3 is 3.21 bits per heavy atom. The molecule has 0 amide bonds. The van der Waals surface area contributed by atoms with Gasteiger partial charge in [0, 0.05) is 0 Å². The number of hydrogen-bond donors (Lipinski definition) is 1. The van der Waals surface area contributed by atoms with Crippen LogP contribution < -0.4 is 5.23 Å². The standard InChI is InChI=1S/C9H9BN2O2/c1-6-2-3-8-7(4-6)12-9(14-8)5-11-10-13/h2-4,11H,5H2,1H3. The zero-order valence-corrected chi connectivity index (χ0v) is 7.78. The maximum absolute atomic E-state index is 10.1. The van der Waals surface area contributed by atoms with Crippen molar-refractivity contribution in [3.05, 3.63) is 29.7 Å². The van der Waals surface area contributed by atoms with Crippen LogP contribution in [-0.2, 0) is 11.2 Å². The van der Waals surface area contributed by atoms with E-state index in [0.29, 0.717) is 19.7 Å². The molecule has 0 bridgehead atoms. The fraction of sp³-hybridized carbons (Fsp3) is 0.222. The number of fused-ring (bicyclic) bond motifs is 1. The van der Waals surface area contributed by atoms with Gasteiger partial charge in [0.05, 0.1) is 0 Å². The molecular weight excluding hydrogens is 179 g/mol. The Morgan fingerprint density at radius 1 is 1.57 bits per heavy atom. The van der Waals surface area contributed by atoms with Crippen molar-refractivity contribution in [1.29, 1.82) is 0 Å². The first kappa shape index (κ1) is 8.93. The summed E-state index contributed by atoms with van der Waals surface area (Å²) in [6.45, 7) is 2.33. The number of aryl methyl sites for hydroxylation is 1. The fourth-order valence-electron chi connectivity index (χ4n) is 1.29. The van der Waals surface area contributed by atoms with E-state index in [1.54, 1.807) is 0 Å². The molecule has 0 aliphatic rings. The second-order valence-electron chi connectivity index (χ2n) is 3.08. The van der Waals surface area contributed by atoms with Crippen molar-refractivity contribution in [2.24, 2.45) is 0 Å². The zero-order chi connectivity index (χ0) is 9.97. The average molecular weight is 188 g/mol. The molecule has 0 saturated carbocycles. The van der Waals surface area contributed by atoms with Gasteiger partial charge in [-0.1, -0.05) is 0 Å². The fourth-order valence-corrected chi connectivity index (χ4v) is 1.29. The number of oxazole rings is 1. The van der Waals surface area contributed by atoms with E-state index in [2.05, 4.69) is 10.2 Å². The van der Waals surface area contributed by atoms with E-state index in [1.165, 1.54) is 0 Å². The number of rotatable bonds is 3. The first-order chi connectivity index (χ1) is 6.79. The SMILES string of the molecule is Cc1ccc2oc(CNB=O)nc2c1. The minimum atomic E-state index is 0.331. The molecule has 4 nitrogen and oxygen atoms in total. The number of nitrogens with one attached hydrogen (secondary N) is 1. The molecule has 0 saturated heterocycles. The van der Waals surface area contributed by atoms with E-state index >= 15 is 0 Å². The summed E-state index contributed by atoms with van der Waals surface area (Å²) < 4.78 is 15.5. The Bertz CT molecular complexity index is 467. The Labute approximate surface area is 81.6 Å². The summed E-state index contributed by atoms with van der Waals surface area (Å²) in [7, 11) is 0.625. The average Bonchev–Trinajstić information content (AvgIpc) is 2.56. The molecule has 1 heterocycles. The molecule has 14 heavy (non-hydrogen) atoms. The van der Waals surface area contributed by atoms with Crippen molar-refractivity contribution in [2.75, 3.05) is 0 Å². The van der Waals surface area contributed by atoms with Crippen LogP contribution in [0.2, 0.25) is 0 Å². The molecule has 2 aromatic rings. The van der Waals surface area contributed by atoms with Crippen LogP contribution in [0.15, 0.2) is 22.6 Å². The summed E-state index contributed by atoms with van der Waals surface area (Å²) in [5, 5.41) is 2.50. The van der Waals surface area contributed by atoms with Crippen LogP contribution in [-0.4, -0.2) is 12.3 Å². The Morgan fingerprint density at radius 2 is 2.43 bits per heavy atom. The molecule has 0 spiro atoms. The third-order valence-corrected chi connectivity index (χ3v) is 1.92. The van der Waals surface area contributed by atoms with Gasteiger partial charge in [-0.05, 0) is 0 Å². The molecule has 5 heteroatoms. The van der Waals surface area contributed by atoms with E-state index in [1.807, 2.05) is 25.1 Å². The Kier molecular flexibility index (Phi) is 2.31. The molecule has 0 aliphatic heterocycles. The monoisotopic (exact) mass is 188 g/mol. The second kappa shape index (κ2) is 3.61. The molecule has 1 aromatic heterocycles. The molecule has 1 N–H and O–H groups in total. The summed E-state index contributed by atoms with van der Waals surface area (Å²) >= 11 is 0. The van der Waals surface area contributed by atoms with Crippen molar-refractivity contribution in [3.8, 4) is 0 Å². The van der Waals surface area contributed by atoms with Crippen LogP contribution in [0.1, 0.15) is 11.5 Å². The molecule has 0 atom stereocenters. The molecule has 2 rings (SSSR count). The van der Waals surface area contributed by atoms with Gasteiger partial charge in [0.15, 0.2) is 0 Å². The van der Waals surface area contributed by atoms with Gasteiger partial charge in [0.1, 0.15) is 0 Å². The second-order valence-corrected chi connectivity index (χ2v) is 3.08. The summed E-state index contributed by atoms with van der Waals surface area (Å²) in [5.74, 6) is 0.526. The van der Waals surface area contributed by atoms with Gasteiger partial charge in [-0.2, -0.15) is 0 Å². The van der Waals surface area contributed by atoms with Crippen LogP contribution in [0.5, 0.6) is 0 Å². The van der Waals surface area contributed by atoms with E-state index in [-0.39, 0.29) is 0 Å². The maximum atomic E-state index is 10.1. The molecule has 0 radical (unpaired) electrons. The van der Waals surface area contributed by atoms with Crippen LogP contribution in [0.4, 0.5) is 0 Å². The van der Waals surface area contributed by atoms with Gasteiger partial charge in [0.25, 0.3) is 0 Å². The predicted molar refractivity (Wildman–Crippen MR) is 52.0 cm³/mol. The van der Waals surface area contributed by atoms with E-state index in [4.69, 9.17) is 4.42 Å². The van der Waals surface area contributed by atoms with Gasteiger partial charge in [0.2, 0.25) is 0 Å². The van der Waals surface area contributed by atoms with Crippen molar-refractivity contribution in [1.82, 2.24) is 10.2 Å². The molecule has 70 valence electrons. The first-order valence-electron chi connectivity index (χ1n) is 4.32. The van der Waals surface area contributed by atoms with E-state index in [0.717, 1.165) is 16.7 Å². The van der Waals surface area contributed by atoms with Crippen molar-refractivity contribution in [2.45, 2.75) is 13.5 Å². The van der Waals surface area contributed by atoms with Gasteiger partial charge in [-0.3, -0.25) is 0 Å². The summed E-state index contributed by atoms with van der Waals surface area (Å²) in [4.78, 5) is 4.22. The minimum absolute atomic E-state index is 0.331. The van der Waals surface area contributed by atoms with Gasteiger partial charge >= 0.3 is 80.8 Å². The van der Waals surface area contributed by atoms with Crippen LogP contribution >= 0.6 is 0 Å². The van der Waals surface area contributed by atoms with E-state index in [9.17, 15) is 4.70 Å². The normalized spacial score (nSPS) is 10.1. The van der Waals surface area contributed by atoms with Crippen molar-refractivity contribution >= 4 is 18.4 Å². The van der Waals surface area contributed by atoms with Crippen LogP contribution in [0, 0.1) is 6.92 Å². The first-order valence-corrected chi connectivity index (χ1v) is 4.32. The van der Waals surface area contributed by atoms with Gasteiger partial charge < -0.3 is 0 Å². The Balaban J connectivity index is 2.36. The predicted octanol–water partition coefficient (Wildman–Crippen LogP) is 1.19. The van der Waals surface area contributed by atoms with Gasteiger partial charge in [-0.25, -0.2) is 0 Å². The van der Waals surface area contributed by atoms with Crippen molar-refractivity contribution < 1.29 is 9.12 Å². The van der Waals surface area contributed by atoms with Crippen LogP contribution in [0.3, 0.4) is 0 Å². The molecule has 0 unspecified atom stereocenters. The topological polar surface area (TPSA) is 55.1 Å². The Hall–Kier alpha value is -1.65. The molecular formula is C9H9BN2O2. The summed E-state index contributed by atoms with van der Waals surface area (Å²) in [5.41, 5.74) is 2.71. The number of benzene rings is 1. The quantitative estimate of drug-likeness (QED) is 0.735. The zero-order valence-electron chi connectivity index (χ0n) is 7.78. The summed E-state index contributed by atoms with van der Waals surface area (Å²) in [6.07, 6.45) is 0. The molecule has 0 aliphatic carbocycles. The molecule has 0 fully saturated rings. The van der Waals surface area contributed by atoms with E-state index < -0.39 is 0 Å². The summed E-state index contributed by atoms with van der Waals surface area (Å²) in [6, 6.07) is 5.79. The number of aromatic nitrogens is 1. The van der Waals surface area contributed by atoms with Crippen LogP contribution in [0.25, 0.3) is 11.1 Å². The third-order valence-electron chi connectivity index (χ3n) is 1.92. The van der Waals surface area contributed by atoms with Crippen molar-refractivity contribution in [3.63, 3.8) is 0 Å². The number of hydrogen-bond acceptors (Lipinski definition) is 3. The number of nitrogens with zero attached hydrogens (tertiary/aromatic N) is 1. The molecule has 1 aromatic carbocycles. The van der Waals surface area contributed by atoms with Gasteiger partial charge in [-0.15, -0.1) is 0 Å².